The van der Waals surface area contributed by atoms with Gasteiger partial charge in [0, 0.05) is 24.2 Å². The van der Waals surface area contributed by atoms with Crippen LogP contribution in [0.15, 0.2) is 18.1 Å². The maximum absolute atomic E-state index is 8.02. The molecule has 0 aromatic heterocycles. The molecule has 3 unspecified atom stereocenters. The summed E-state index contributed by atoms with van der Waals surface area (Å²) in [6.07, 6.45) is -1.14. The normalized spacial score (nSPS) is 44.0. The van der Waals surface area contributed by atoms with Crippen molar-refractivity contribution in [2.45, 2.75) is 12.9 Å². The van der Waals surface area contributed by atoms with Crippen molar-refractivity contribution in [1.82, 2.24) is 4.90 Å². The maximum atomic E-state index is 8.02. The van der Waals surface area contributed by atoms with Gasteiger partial charge < -0.3 is 10.6 Å². The molecular weight excluding hydrogens is 148 g/mol. The first-order valence-electron chi connectivity index (χ1n) is 7.47. The Morgan fingerprint density at radius 3 is 3.50 bits per heavy atom. The summed E-state index contributed by atoms with van der Waals surface area (Å²) < 4.78 is 54.3. The van der Waals surface area contributed by atoms with Crippen molar-refractivity contribution in [2.75, 3.05) is 19.3 Å². The molecule has 2 N–H and O–H groups in total. The van der Waals surface area contributed by atoms with Gasteiger partial charge >= 0.3 is 0 Å². The van der Waals surface area contributed by atoms with Crippen LogP contribution in [0.25, 0.3) is 0 Å². The molecule has 0 fully saturated rings. The lowest BCUT2D eigenvalue weighted by atomic mass is 9.98. The summed E-state index contributed by atoms with van der Waals surface area (Å²) in [6, 6.07) is -1.02. The molecule has 2 nitrogen and oxygen atoms in total. The highest BCUT2D eigenvalue weighted by Crippen LogP contribution is 2.22. The lowest BCUT2D eigenvalue weighted by Crippen LogP contribution is -2.27. The van der Waals surface area contributed by atoms with Gasteiger partial charge in [-0.3, -0.25) is 0 Å². The third kappa shape index (κ3) is 1.18. The summed E-state index contributed by atoms with van der Waals surface area (Å²) in [6.45, 7) is -2.30. The van der Waals surface area contributed by atoms with Gasteiger partial charge in [0.15, 0.2) is 0 Å². The van der Waals surface area contributed by atoms with Gasteiger partial charge in [0.1, 0.15) is 0 Å². The number of nitrogens with two attached hydrogens (primary N) is 1. The first-order valence-corrected chi connectivity index (χ1v) is 3.53. The Bertz CT molecular complexity index is 521. The molecule has 1 aromatic carbocycles. The van der Waals surface area contributed by atoms with E-state index in [9.17, 15) is 0 Å². The van der Waals surface area contributed by atoms with Gasteiger partial charge in [0.25, 0.3) is 0 Å². The maximum Gasteiger partial charge on any atom is 0.0645 e. The zero-order valence-corrected chi connectivity index (χ0v) is 6.46. The van der Waals surface area contributed by atoms with Gasteiger partial charge in [-0.2, -0.15) is 0 Å². The summed E-state index contributed by atoms with van der Waals surface area (Å²) in [5.41, 5.74) is 5.83. The van der Waals surface area contributed by atoms with Crippen LogP contribution in [0.1, 0.15) is 20.7 Å². The predicted molar refractivity (Wildman–Crippen MR) is 50.9 cm³/mol. The Labute approximate surface area is 82.8 Å². The molecule has 0 radical (unpaired) electrons. The Kier molecular flexibility index (Phi) is 0.706. The zero-order chi connectivity index (χ0) is 14.5. The number of likely N-dealkylation sites (N-methyl/N-ethyl adjacent to an activating group) is 1. The first-order chi connectivity index (χ1) is 8.82. The molecule has 64 valence electrons. The molecule has 3 atom stereocenters. The third-order valence-electron chi connectivity index (χ3n) is 1.70. The van der Waals surface area contributed by atoms with Crippen molar-refractivity contribution < 1.29 is 9.60 Å². The van der Waals surface area contributed by atoms with E-state index >= 15 is 0 Å². The Morgan fingerprint density at radius 2 is 2.67 bits per heavy atom. The third-order valence-corrected chi connectivity index (χ3v) is 1.70. The SMILES string of the molecule is [2H]CN1C([2H])c2c([2H])c([2H])c([2H])c(N)c2C([2H])C1[2H]. The van der Waals surface area contributed by atoms with Crippen molar-refractivity contribution in [3.63, 3.8) is 0 Å². The summed E-state index contributed by atoms with van der Waals surface area (Å²) in [7, 11) is -0.341. The van der Waals surface area contributed by atoms with Crippen molar-refractivity contribution in [2.24, 2.45) is 0 Å². The summed E-state index contributed by atoms with van der Waals surface area (Å²) >= 11 is 0. The number of rotatable bonds is 0. The predicted octanol–water partition coefficient (Wildman–Crippen LogP) is 1.26. The Morgan fingerprint density at radius 1 is 1.75 bits per heavy atom. The number of fused-ring (bicyclic) bond motifs is 1. The number of nitrogen functional groups attached to an aromatic ring is 1. The lowest BCUT2D eigenvalue weighted by Gasteiger charge is -2.25. The lowest BCUT2D eigenvalue weighted by molar-refractivity contribution is 0.313. The summed E-state index contributed by atoms with van der Waals surface area (Å²) in [5, 5.41) is 0. The van der Waals surface area contributed by atoms with Crippen LogP contribution in [-0.4, -0.2) is 18.4 Å². The molecule has 1 heterocycles. The van der Waals surface area contributed by atoms with E-state index in [1.807, 2.05) is 0 Å². The molecule has 1 aliphatic heterocycles. The Balaban J connectivity index is 2.76. The van der Waals surface area contributed by atoms with E-state index in [2.05, 4.69) is 0 Å². The van der Waals surface area contributed by atoms with Crippen LogP contribution in [0.3, 0.4) is 0 Å². The van der Waals surface area contributed by atoms with Crippen molar-refractivity contribution >= 4 is 5.69 Å². The first kappa shape index (κ1) is 3.04. The molecule has 1 aliphatic rings. The monoisotopic (exact) mass is 169 g/mol. The molecule has 0 saturated carbocycles. The van der Waals surface area contributed by atoms with E-state index in [1.165, 1.54) is 0 Å². The minimum absolute atomic E-state index is 0.0780. The van der Waals surface area contributed by atoms with E-state index < -0.39 is 19.4 Å². The molecule has 2 rings (SSSR count). The highest BCUT2D eigenvalue weighted by Gasteiger charge is 2.13. The second-order valence-corrected chi connectivity index (χ2v) is 2.58. The van der Waals surface area contributed by atoms with Crippen molar-refractivity contribution in [3.8, 4) is 0 Å². The van der Waals surface area contributed by atoms with Crippen LogP contribution in [-0.2, 0) is 12.9 Å². The van der Waals surface area contributed by atoms with E-state index in [4.69, 9.17) is 15.3 Å². The van der Waals surface area contributed by atoms with Gasteiger partial charge in [-0.15, -0.1) is 0 Å². The smallest absolute Gasteiger partial charge is 0.0645 e. The van der Waals surface area contributed by atoms with Gasteiger partial charge in [-0.05, 0) is 30.6 Å². The highest BCUT2D eigenvalue weighted by atomic mass is 15.1. The van der Waals surface area contributed by atoms with Crippen molar-refractivity contribution in [3.05, 3.63) is 29.3 Å². The number of benzene rings is 1. The van der Waals surface area contributed by atoms with Crippen molar-refractivity contribution in [1.29, 1.82) is 0 Å². The second kappa shape index (κ2) is 2.79. The average molecular weight is 169 g/mol. The molecule has 1 aromatic rings. The van der Waals surface area contributed by atoms with E-state index in [0.717, 1.165) is 4.90 Å². The van der Waals surface area contributed by atoms with Gasteiger partial charge in [0.2, 0.25) is 0 Å². The van der Waals surface area contributed by atoms with Gasteiger partial charge in [-0.1, -0.05) is 12.1 Å². The van der Waals surface area contributed by atoms with Crippen LogP contribution < -0.4 is 5.73 Å². The van der Waals surface area contributed by atoms with Crippen LogP contribution in [0.5, 0.6) is 0 Å². The molecule has 0 saturated heterocycles. The fourth-order valence-corrected chi connectivity index (χ4v) is 1.11. The number of anilines is 1. The minimum atomic E-state index is -1.17. The molecular formula is C10H14N2. The van der Waals surface area contributed by atoms with E-state index in [1.54, 1.807) is 0 Å². The quantitative estimate of drug-likeness (QED) is 0.592. The molecule has 0 spiro atoms. The largest absolute Gasteiger partial charge is 0.398 e. The van der Waals surface area contributed by atoms with E-state index in [0.29, 0.717) is 0 Å². The highest BCUT2D eigenvalue weighted by molar-refractivity contribution is 5.51. The molecule has 0 bridgehead atoms. The number of hydrogen-bond acceptors (Lipinski definition) is 2. The van der Waals surface area contributed by atoms with Crippen LogP contribution in [0.4, 0.5) is 5.69 Å². The standard InChI is InChI=1S/C10H14N2/c1-12-6-5-9-8(7-12)3-2-4-10(9)11/h2-4H,5-7,11H2,1H3/i1D,2D,3D,4D,5D,6D,7D. The number of nitrogens with zero attached hydrogens (tertiary/aromatic N) is 1. The molecule has 12 heavy (non-hydrogen) atoms. The topological polar surface area (TPSA) is 29.3 Å². The van der Waals surface area contributed by atoms with E-state index in [-0.39, 0.29) is 42.0 Å². The second-order valence-electron chi connectivity index (χ2n) is 2.58. The molecule has 0 amide bonds. The minimum Gasteiger partial charge on any atom is -0.398 e. The van der Waals surface area contributed by atoms with Crippen LogP contribution >= 0.6 is 0 Å². The van der Waals surface area contributed by atoms with Crippen LogP contribution in [0, 0.1) is 0 Å². The fraction of sp³-hybridized carbons (Fsp3) is 0.400. The average Bonchev–Trinajstić information content (AvgIpc) is 2.38. The fourth-order valence-electron chi connectivity index (χ4n) is 1.11. The number of hydrogen-bond donors (Lipinski definition) is 1. The Hall–Kier alpha value is -1.02. The van der Waals surface area contributed by atoms with Gasteiger partial charge in [0.05, 0.1) is 4.11 Å². The molecule has 2 heteroatoms. The zero-order valence-electron chi connectivity index (χ0n) is 13.5. The van der Waals surface area contributed by atoms with Gasteiger partial charge in [-0.25, -0.2) is 0 Å². The van der Waals surface area contributed by atoms with Crippen LogP contribution in [0.2, 0.25) is 0 Å². The summed E-state index contributed by atoms with van der Waals surface area (Å²) in [5.74, 6) is 0. The molecule has 0 aliphatic carbocycles. The summed E-state index contributed by atoms with van der Waals surface area (Å²) in [4.78, 5) is 1.14.